The Morgan fingerprint density at radius 1 is 1.27 bits per heavy atom. The third-order valence-electron chi connectivity index (χ3n) is 1.15. The first-order valence-electron chi connectivity index (χ1n) is 2.85. The van der Waals surface area contributed by atoms with Gasteiger partial charge in [0.15, 0.2) is 0 Å². The highest BCUT2D eigenvalue weighted by molar-refractivity contribution is 5.34. The molecule has 0 bridgehead atoms. The van der Waals surface area contributed by atoms with Crippen LogP contribution in [0.25, 0.3) is 0 Å². The maximum absolute atomic E-state index is 10.5. The first kappa shape index (κ1) is 7.33. The second-order valence-corrected chi connectivity index (χ2v) is 1.88. The van der Waals surface area contributed by atoms with Crippen LogP contribution in [0.15, 0.2) is 29.5 Å². The molecular weight excluding hydrogens is 148 g/mol. The van der Waals surface area contributed by atoms with E-state index in [0.29, 0.717) is 0 Å². The van der Waals surface area contributed by atoms with E-state index >= 15 is 0 Å². The molecule has 0 radical (unpaired) electrons. The van der Waals surface area contributed by atoms with Gasteiger partial charge in [0.25, 0.3) is 0 Å². The fraction of sp³-hybridized carbons (Fsp3) is 0. The van der Waals surface area contributed by atoms with E-state index in [1.54, 1.807) is 0 Å². The predicted molar refractivity (Wildman–Crippen MR) is 35.6 cm³/mol. The van der Waals surface area contributed by atoms with Crippen LogP contribution in [0.5, 0.6) is 5.75 Å². The molecule has 1 aromatic carbocycles. The van der Waals surface area contributed by atoms with Crippen molar-refractivity contribution >= 4 is 5.69 Å². The minimum Gasteiger partial charge on any atom is -0.592 e. The van der Waals surface area contributed by atoms with Crippen molar-refractivity contribution in [3.8, 4) is 5.75 Å². The van der Waals surface area contributed by atoms with Gasteiger partial charge in [-0.1, -0.05) is 0 Å². The Labute approximate surface area is 62.4 Å². The summed E-state index contributed by atoms with van der Waals surface area (Å²) in [7, 11) is 0. The molecule has 0 aliphatic heterocycles. The summed E-state index contributed by atoms with van der Waals surface area (Å²) in [5.41, 5.74) is 0.158. The lowest BCUT2D eigenvalue weighted by Crippen LogP contribution is -1.88. The van der Waals surface area contributed by atoms with Crippen molar-refractivity contribution in [1.29, 1.82) is 0 Å². The van der Waals surface area contributed by atoms with Crippen molar-refractivity contribution in [3.05, 3.63) is 29.5 Å². The topological polar surface area (TPSA) is 78.9 Å². The van der Waals surface area contributed by atoms with Gasteiger partial charge in [-0.05, 0) is 17.0 Å². The van der Waals surface area contributed by atoms with Crippen molar-refractivity contribution in [1.82, 2.24) is 0 Å². The molecule has 58 valence electrons. The second kappa shape index (κ2) is 2.87. The molecule has 2 N–H and O–H groups in total. The highest BCUT2D eigenvalue weighted by atomic mass is 16.6. The van der Waals surface area contributed by atoms with Gasteiger partial charge in [0, 0.05) is 12.1 Å². The minimum atomic E-state index is 0.0411. The van der Waals surface area contributed by atoms with E-state index < -0.39 is 0 Å². The van der Waals surface area contributed by atoms with E-state index in [1.165, 1.54) is 24.3 Å². The quantitative estimate of drug-likeness (QED) is 0.364. The molecule has 0 fully saturated rings. The minimum absolute atomic E-state index is 0.0411. The number of hydrogen-bond acceptors (Lipinski definition) is 3. The van der Waals surface area contributed by atoms with E-state index in [2.05, 4.69) is 5.28 Å². The normalized spacial score (nSPS) is 11.5. The van der Waals surface area contributed by atoms with Crippen LogP contribution < -0.4 is 0 Å². The number of aromatic hydroxyl groups is 1. The van der Waals surface area contributed by atoms with Crippen LogP contribution >= 0.6 is 0 Å². The van der Waals surface area contributed by atoms with Crippen molar-refractivity contribution in [2.75, 3.05) is 0 Å². The van der Waals surface area contributed by atoms with E-state index in [1.807, 2.05) is 0 Å². The monoisotopic (exact) mass is 154 g/mol. The molecule has 0 amide bonds. The molecule has 11 heavy (non-hydrogen) atoms. The number of phenolic OH excluding ortho intramolecular Hbond substituents is 1. The maximum Gasteiger partial charge on any atom is 0.248 e. The van der Waals surface area contributed by atoms with Crippen molar-refractivity contribution in [3.63, 3.8) is 0 Å². The average Bonchev–Trinajstić information content (AvgIpc) is 2.05. The average molecular weight is 154 g/mol. The lowest BCUT2D eigenvalue weighted by atomic mass is 10.3. The Hall–Kier alpha value is -1.78. The van der Waals surface area contributed by atoms with E-state index in [-0.39, 0.29) is 16.3 Å². The predicted octanol–water partition coefficient (Wildman–Crippen LogP) is 1.38. The Morgan fingerprint density at radius 2 is 1.82 bits per heavy atom. The van der Waals surface area contributed by atoms with Crippen LogP contribution in [0.2, 0.25) is 0 Å². The Morgan fingerprint density at radius 3 is 2.27 bits per heavy atom. The molecule has 0 unspecified atom stereocenters. The fourth-order valence-electron chi connectivity index (χ4n) is 0.632. The van der Waals surface area contributed by atoms with Crippen molar-refractivity contribution in [2.24, 2.45) is 5.28 Å². The molecular formula is C6H6N2O3. The SMILES string of the molecule is [O-]/[N+](=N\O)c1ccc(O)cc1. The summed E-state index contributed by atoms with van der Waals surface area (Å²) in [6, 6.07) is 5.32. The summed E-state index contributed by atoms with van der Waals surface area (Å²) in [5, 5.41) is 29.8. The van der Waals surface area contributed by atoms with Crippen LogP contribution in [0.4, 0.5) is 5.69 Å². The Bertz CT molecular complexity index is 268. The zero-order valence-corrected chi connectivity index (χ0v) is 5.51. The zero-order chi connectivity index (χ0) is 8.27. The first-order valence-corrected chi connectivity index (χ1v) is 2.85. The highest BCUT2D eigenvalue weighted by Crippen LogP contribution is 2.15. The van der Waals surface area contributed by atoms with Gasteiger partial charge in [-0.2, -0.15) is 0 Å². The molecule has 5 heteroatoms. The first-order chi connectivity index (χ1) is 5.24. The van der Waals surface area contributed by atoms with E-state index in [0.717, 1.165) is 0 Å². The van der Waals surface area contributed by atoms with Gasteiger partial charge >= 0.3 is 0 Å². The fourth-order valence-corrected chi connectivity index (χ4v) is 0.632. The van der Waals surface area contributed by atoms with Crippen LogP contribution in [-0.2, 0) is 0 Å². The summed E-state index contributed by atoms with van der Waals surface area (Å²) in [6.45, 7) is 0. The molecule has 5 nitrogen and oxygen atoms in total. The molecule has 0 spiro atoms. The number of hydrogen-bond donors (Lipinski definition) is 2. The molecule has 0 aliphatic carbocycles. The largest absolute Gasteiger partial charge is 0.592 e. The molecule has 0 saturated carbocycles. The van der Waals surface area contributed by atoms with Gasteiger partial charge in [0.05, 0.1) is 0 Å². The number of benzene rings is 1. The van der Waals surface area contributed by atoms with Crippen LogP contribution in [-0.4, -0.2) is 15.2 Å². The summed E-state index contributed by atoms with van der Waals surface area (Å²) in [5.74, 6) is 0.0556. The van der Waals surface area contributed by atoms with Gasteiger partial charge in [-0.25, -0.2) is 0 Å². The van der Waals surface area contributed by atoms with Crippen LogP contribution in [0, 0.1) is 5.21 Å². The Kier molecular flexibility index (Phi) is 1.91. The van der Waals surface area contributed by atoms with Crippen molar-refractivity contribution < 1.29 is 15.2 Å². The molecule has 0 saturated heterocycles. The third kappa shape index (κ3) is 1.57. The van der Waals surface area contributed by atoms with Crippen molar-refractivity contribution in [2.45, 2.75) is 0 Å². The smallest absolute Gasteiger partial charge is 0.248 e. The summed E-state index contributed by atoms with van der Waals surface area (Å²) in [4.78, 5) is 0.0411. The van der Waals surface area contributed by atoms with E-state index in [9.17, 15) is 5.21 Å². The molecule has 0 aliphatic rings. The highest BCUT2D eigenvalue weighted by Gasteiger charge is 2.01. The summed E-state index contributed by atoms with van der Waals surface area (Å²) >= 11 is 0. The van der Waals surface area contributed by atoms with Crippen LogP contribution in [0.3, 0.4) is 0 Å². The number of rotatable bonds is 1. The van der Waals surface area contributed by atoms with Gasteiger partial charge in [-0.3, -0.25) is 0 Å². The Balaban J connectivity index is 2.99. The second-order valence-electron chi connectivity index (χ2n) is 1.88. The van der Waals surface area contributed by atoms with Crippen LogP contribution in [0.1, 0.15) is 0 Å². The standard InChI is InChI=1S/C6H6N2O3/c9-6-3-1-5(2-4-6)8(11)7-10/h1-4,9-10H/b8-7-. The molecule has 0 atom stereocenters. The van der Waals surface area contributed by atoms with Gasteiger partial charge in [0.1, 0.15) is 5.75 Å². The molecule has 0 aromatic heterocycles. The molecule has 1 aromatic rings. The van der Waals surface area contributed by atoms with Gasteiger partial charge in [-0.15, -0.1) is 0 Å². The maximum atomic E-state index is 10.5. The summed E-state index contributed by atoms with van der Waals surface area (Å²) < 4.78 is 0. The zero-order valence-electron chi connectivity index (χ0n) is 5.51. The summed E-state index contributed by atoms with van der Waals surface area (Å²) in [6.07, 6.45) is 0. The van der Waals surface area contributed by atoms with E-state index in [4.69, 9.17) is 10.3 Å². The number of phenols is 1. The lowest BCUT2D eigenvalue weighted by molar-refractivity contribution is -0.473. The molecule has 0 heterocycles. The van der Waals surface area contributed by atoms with Gasteiger partial charge in [0.2, 0.25) is 11.0 Å². The van der Waals surface area contributed by atoms with Gasteiger partial charge < -0.3 is 15.5 Å². The molecule has 1 rings (SSSR count). The lowest BCUT2D eigenvalue weighted by Gasteiger charge is -1.95. The third-order valence-corrected chi connectivity index (χ3v) is 1.15. The number of nitrogens with zero attached hydrogens (tertiary/aromatic N) is 2.